The molecule has 0 amide bonds. The predicted molar refractivity (Wildman–Crippen MR) is 68.4 cm³/mol. The number of nitrogens with zero attached hydrogens (tertiary/aromatic N) is 2. The van der Waals surface area contributed by atoms with Crippen LogP contribution < -0.4 is 4.72 Å². The molecule has 1 fully saturated rings. The van der Waals surface area contributed by atoms with E-state index in [1.165, 1.54) is 4.31 Å². The molecule has 0 bridgehead atoms. The van der Waals surface area contributed by atoms with E-state index in [4.69, 9.17) is 4.42 Å². The number of aromatic nitrogens is 1. The maximum absolute atomic E-state index is 12.2. The summed E-state index contributed by atoms with van der Waals surface area (Å²) in [6.07, 6.45) is 3.99. The lowest BCUT2D eigenvalue weighted by Gasteiger charge is -2.33. The van der Waals surface area contributed by atoms with Gasteiger partial charge in [0.25, 0.3) is 10.2 Å². The number of oxazole rings is 1. The SMILES string of the molecule is Cc1cnc(CNS(=O)(=O)N2CCCCC2CO)o1. The number of rotatable bonds is 5. The van der Waals surface area contributed by atoms with E-state index in [1.807, 2.05) is 0 Å². The minimum Gasteiger partial charge on any atom is -0.445 e. The van der Waals surface area contributed by atoms with Crippen molar-refractivity contribution in [3.8, 4) is 0 Å². The van der Waals surface area contributed by atoms with E-state index < -0.39 is 10.2 Å². The second-order valence-corrected chi connectivity index (χ2v) is 6.34. The molecule has 0 radical (unpaired) electrons. The third kappa shape index (κ3) is 3.53. The van der Waals surface area contributed by atoms with Gasteiger partial charge in [-0.15, -0.1) is 0 Å². The molecule has 0 aromatic carbocycles. The molecule has 7 nitrogen and oxygen atoms in total. The van der Waals surface area contributed by atoms with Crippen LogP contribution in [-0.4, -0.2) is 42.0 Å². The first-order valence-corrected chi connectivity index (χ1v) is 7.75. The monoisotopic (exact) mass is 289 g/mol. The summed E-state index contributed by atoms with van der Waals surface area (Å²) in [5.74, 6) is 0.971. The van der Waals surface area contributed by atoms with Crippen molar-refractivity contribution >= 4 is 10.2 Å². The Morgan fingerprint density at radius 1 is 1.58 bits per heavy atom. The van der Waals surface area contributed by atoms with Crippen molar-refractivity contribution in [2.75, 3.05) is 13.2 Å². The van der Waals surface area contributed by atoms with Crippen LogP contribution >= 0.6 is 0 Å². The lowest BCUT2D eigenvalue weighted by Crippen LogP contribution is -2.50. The summed E-state index contributed by atoms with van der Waals surface area (Å²) in [4.78, 5) is 3.94. The molecule has 2 rings (SSSR count). The number of hydrogen-bond acceptors (Lipinski definition) is 5. The van der Waals surface area contributed by atoms with Crippen molar-refractivity contribution in [1.82, 2.24) is 14.0 Å². The van der Waals surface area contributed by atoms with E-state index in [0.29, 0.717) is 24.6 Å². The first-order valence-electron chi connectivity index (χ1n) is 6.31. The highest BCUT2D eigenvalue weighted by molar-refractivity contribution is 7.87. The van der Waals surface area contributed by atoms with E-state index >= 15 is 0 Å². The molecule has 1 aliphatic rings. The predicted octanol–water partition coefficient (Wildman–Crippen LogP) is 0.164. The molecule has 2 N–H and O–H groups in total. The van der Waals surface area contributed by atoms with E-state index in [1.54, 1.807) is 13.1 Å². The summed E-state index contributed by atoms with van der Waals surface area (Å²) in [6.45, 7) is 2.05. The lowest BCUT2D eigenvalue weighted by molar-refractivity contribution is 0.153. The topological polar surface area (TPSA) is 95.7 Å². The number of nitrogens with one attached hydrogen (secondary N) is 1. The van der Waals surface area contributed by atoms with Gasteiger partial charge in [-0.25, -0.2) is 4.98 Å². The maximum atomic E-state index is 12.2. The average Bonchev–Trinajstić information content (AvgIpc) is 2.82. The average molecular weight is 289 g/mol. The zero-order valence-electron chi connectivity index (χ0n) is 10.9. The molecule has 1 atom stereocenters. The molecule has 1 unspecified atom stereocenters. The third-order valence-electron chi connectivity index (χ3n) is 3.17. The zero-order chi connectivity index (χ0) is 13.9. The fraction of sp³-hybridized carbons (Fsp3) is 0.727. The van der Waals surface area contributed by atoms with E-state index in [0.717, 1.165) is 12.8 Å². The molecule has 0 aliphatic carbocycles. The Balaban J connectivity index is 2.00. The van der Waals surface area contributed by atoms with Crippen LogP contribution in [0.5, 0.6) is 0 Å². The smallest absolute Gasteiger partial charge is 0.280 e. The van der Waals surface area contributed by atoms with Gasteiger partial charge in [-0.05, 0) is 19.8 Å². The van der Waals surface area contributed by atoms with E-state index in [-0.39, 0.29) is 19.2 Å². The number of aliphatic hydroxyl groups excluding tert-OH is 1. The second kappa shape index (κ2) is 6.00. The summed E-state index contributed by atoms with van der Waals surface area (Å²) in [6, 6.07) is -0.336. The van der Waals surface area contributed by atoms with Gasteiger partial charge in [-0.2, -0.15) is 17.4 Å². The van der Waals surface area contributed by atoms with Gasteiger partial charge in [0, 0.05) is 12.6 Å². The Morgan fingerprint density at radius 3 is 3.00 bits per heavy atom. The van der Waals surface area contributed by atoms with Gasteiger partial charge in [-0.3, -0.25) is 0 Å². The number of piperidine rings is 1. The Kier molecular flexibility index (Phi) is 4.56. The van der Waals surface area contributed by atoms with E-state index in [9.17, 15) is 13.5 Å². The van der Waals surface area contributed by atoms with Gasteiger partial charge in [0.1, 0.15) is 5.76 Å². The Labute approximate surface area is 112 Å². The first-order chi connectivity index (χ1) is 9.03. The molecule has 8 heteroatoms. The van der Waals surface area contributed by atoms with Crippen molar-refractivity contribution in [3.05, 3.63) is 17.8 Å². The molecule has 0 saturated carbocycles. The van der Waals surface area contributed by atoms with E-state index in [2.05, 4.69) is 9.71 Å². The normalized spacial score (nSPS) is 21.7. The van der Waals surface area contributed by atoms with Gasteiger partial charge in [0.2, 0.25) is 5.89 Å². The molecule has 2 heterocycles. The molecule has 1 saturated heterocycles. The van der Waals surface area contributed by atoms with Crippen LogP contribution in [0, 0.1) is 6.92 Å². The zero-order valence-corrected chi connectivity index (χ0v) is 11.7. The summed E-state index contributed by atoms with van der Waals surface area (Å²) < 4.78 is 33.3. The Hall–Kier alpha value is -0.960. The molecular weight excluding hydrogens is 270 g/mol. The molecule has 19 heavy (non-hydrogen) atoms. The van der Waals surface area contributed by atoms with Crippen LogP contribution in [0.15, 0.2) is 10.6 Å². The summed E-state index contributed by atoms with van der Waals surface area (Å²) in [7, 11) is -3.61. The van der Waals surface area contributed by atoms with Crippen LogP contribution in [0.2, 0.25) is 0 Å². The van der Waals surface area contributed by atoms with Crippen LogP contribution in [0.4, 0.5) is 0 Å². The van der Waals surface area contributed by atoms with Crippen LogP contribution in [0.25, 0.3) is 0 Å². The fourth-order valence-electron chi connectivity index (χ4n) is 2.19. The molecule has 108 valence electrons. The van der Waals surface area contributed by atoms with Gasteiger partial charge in [0.15, 0.2) is 0 Å². The summed E-state index contributed by atoms with van der Waals surface area (Å²) in [5.41, 5.74) is 0. The van der Waals surface area contributed by atoms with Crippen molar-refractivity contribution in [2.24, 2.45) is 0 Å². The lowest BCUT2D eigenvalue weighted by atomic mass is 10.1. The first kappa shape index (κ1) is 14.4. The van der Waals surface area contributed by atoms with Gasteiger partial charge < -0.3 is 9.52 Å². The quantitative estimate of drug-likeness (QED) is 0.805. The van der Waals surface area contributed by atoms with Crippen molar-refractivity contribution in [1.29, 1.82) is 0 Å². The molecule has 1 aromatic heterocycles. The van der Waals surface area contributed by atoms with Crippen LogP contribution in [-0.2, 0) is 16.8 Å². The summed E-state index contributed by atoms with van der Waals surface area (Å²) >= 11 is 0. The molecule has 1 aromatic rings. The Bertz CT molecular complexity index is 514. The van der Waals surface area contributed by atoms with Crippen molar-refractivity contribution in [3.63, 3.8) is 0 Å². The highest BCUT2D eigenvalue weighted by Crippen LogP contribution is 2.19. The fourth-order valence-corrected chi connectivity index (χ4v) is 3.60. The summed E-state index contributed by atoms with van der Waals surface area (Å²) in [5, 5.41) is 9.25. The third-order valence-corrected chi connectivity index (χ3v) is 4.77. The highest BCUT2D eigenvalue weighted by atomic mass is 32.2. The maximum Gasteiger partial charge on any atom is 0.280 e. The number of aryl methyl sites for hydroxylation is 1. The minimum absolute atomic E-state index is 0.0187. The standard InChI is InChI=1S/C11H19N3O4S/c1-9-6-12-11(18-9)7-13-19(16,17)14-5-3-2-4-10(14)8-15/h6,10,13,15H,2-5,7-8H2,1H3. The number of hydrogen-bond donors (Lipinski definition) is 2. The second-order valence-electron chi connectivity index (χ2n) is 4.63. The van der Waals surface area contributed by atoms with Crippen LogP contribution in [0.3, 0.4) is 0 Å². The Morgan fingerprint density at radius 2 is 2.37 bits per heavy atom. The van der Waals surface area contributed by atoms with Crippen molar-refractivity contribution < 1.29 is 17.9 Å². The van der Waals surface area contributed by atoms with Gasteiger partial charge in [0.05, 0.1) is 19.3 Å². The van der Waals surface area contributed by atoms with Crippen molar-refractivity contribution in [2.45, 2.75) is 38.8 Å². The molecular formula is C11H19N3O4S. The largest absolute Gasteiger partial charge is 0.445 e. The molecule has 1 aliphatic heterocycles. The van der Waals surface area contributed by atoms with Gasteiger partial charge in [-0.1, -0.05) is 6.42 Å². The highest BCUT2D eigenvalue weighted by Gasteiger charge is 2.31. The van der Waals surface area contributed by atoms with Crippen LogP contribution in [0.1, 0.15) is 30.9 Å². The number of aliphatic hydroxyl groups is 1. The van der Waals surface area contributed by atoms with Gasteiger partial charge >= 0.3 is 0 Å². The minimum atomic E-state index is -3.61. The molecule has 0 spiro atoms.